The van der Waals surface area contributed by atoms with E-state index in [0.29, 0.717) is 16.8 Å². The Morgan fingerprint density at radius 2 is 1.61 bits per heavy atom. The minimum Gasteiger partial charge on any atom is -0.480 e. The smallest absolute Gasteiger partial charge is 0.326 e. The largest absolute Gasteiger partial charge is 0.480 e. The number of rotatable bonds is 9. The van der Waals surface area contributed by atoms with Gasteiger partial charge in [0.25, 0.3) is 11.5 Å². The zero-order valence-corrected chi connectivity index (χ0v) is 18.6. The summed E-state index contributed by atoms with van der Waals surface area (Å²) < 4.78 is 23.6. The third-order valence-electron chi connectivity index (χ3n) is 5.08. The molecule has 1 aromatic heterocycles. The summed E-state index contributed by atoms with van der Waals surface area (Å²) in [5, 5.41) is 18.3. The number of hydrogen-bond donors (Lipinski definition) is 3. The number of H-pyrrole nitrogens is 1. The number of aromatic nitrogens is 2. The minimum atomic E-state index is -3.44. The Labute approximate surface area is 190 Å². The molecule has 172 valence electrons. The van der Waals surface area contributed by atoms with E-state index in [1.807, 2.05) is 6.07 Å². The van der Waals surface area contributed by atoms with E-state index >= 15 is 0 Å². The second kappa shape index (κ2) is 10.2. The lowest BCUT2D eigenvalue weighted by Crippen LogP contribution is -2.44. The molecule has 10 heteroatoms. The van der Waals surface area contributed by atoms with Crippen LogP contribution in [0.1, 0.15) is 23.7 Å². The summed E-state index contributed by atoms with van der Waals surface area (Å²) in [6, 6.07) is 16.1. The van der Waals surface area contributed by atoms with Crippen LogP contribution in [-0.2, 0) is 14.6 Å². The molecule has 1 heterocycles. The number of carboxylic acids is 1. The van der Waals surface area contributed by atoms with Crippen LogP contribution in [0, 0.1) is 0 Å². The van der Waals surface area contributed by atoms with Crippen LogP contribution in [0.15, 0.2) is 65.5 Å². The van der Waals surface area contributed by atoms with Gasteiger partial charge in [-0.3, -0.25) is 9.59 Å². The fourth-order valence-electron chi connectivity index (χ4n) is 3.29. The van der Waals surface area contributed by atoms with Crippen LogP contribution in [0.5, 0.6) is 0 Å². The first-order chi connectivity index (χ1) is 15.7. The van der Waals surface area contributed by atoms with E-state index in [1.165, 1.54) is 6.92 Å². The Hall–Kier alpha value is -3.79. The van der Waals surface area contributed by atoms with Crippen molar-refractivity contribution in [2.75, 3.05) is 11.5 Å². The highest BCUT2D eigenvalue weighted by Gasteiger charge is 2.28. The number of carbonyl (C=O) groups is 2. The highest BCUT2D eigenvalue weighted by molar-refractivity contribution is 7.91. The lowest BCUT2D eigenvalue weighted by Gasteiger charge is -2.17. The molecule has 2 aromatic carbocycles. The zero-order chi connectivity index (χ0) is 24.0. The van der Waals surface area contributed by atoms with Gasteiger partial charge in [-0.15, -0.1) is 0 Å². The van der Waals surface area contributed by atoms with E-state index in [-0.39, 0.29) is 23.3 Å². The fraction of sp³-hybridized carbons (Fsp3) is 0.217. The number of amides is 1. The zero-order valence-electron chi connectivity index (χ0n) is 17.8. The molecule has 33 heavy (non-hydrogen) atoms. The highest BCUT2D eigenvalue weighted by atomic mass is 32.2. The van der Waals surface area contributed by atoms with Gasteiger partial charge in [-0.1, -0.05) is 67.6 Å². The van der Waals surface area contributed by atoms with Crippen LogP contribution in [-0.4, -0.2) is 53.1 Å². The molecule has 9 nitrogen and oxygen atoms in total. The third kappa shape index (κ3) is 5.72. The van der Waals surface area contributed by atoms with Gasteiger partial charge < -0.3 is 10.4 Å². The molecule has 0 radical (unpaired) electrons. The van der Waals surface area contributed by atoms with Crippen LogP contribution < -0.4 is 10.9 Å². The topological polar surface area (TPSA) is 146 Å². The van der Waals surface area contributed by atoms with Crippen molar-refractivity contribution in [1.29, 1.82) is 0 Å². The first-order valence-electron chi connectivity index (χ1n) is 10.2. The van der Waals surface area contributed by atoms with Crippen LogP contribution in [0.25, 0.3) is 22.4 Å². The first kappa shape index (κ1) is 23.9. The lowest BCUT2D eigenvalue weighted by molar-refractivity contribution is -0.139. The van der Waals surface area contributed by atoms with Crippen molar-refractivity contribution in [3.05, 3.63) is 76.6 Å². The number of nitrogens with one attached hydrogen (secondary N) is 2. The molecule has 3 N–H and O–H groups in total. The molecule has 0 aliphatic carbocycles. The summed E-state index contributed by atoms with van der Waals surface area (Å²) in [5.41, 5.74) is 0.669. The molecule has 0 bridgehead atoms. The molecule has 0 aliphatic heterocycles. The Kier molecular flexibility index (Phi) is 7.39. The monoisotopic (exact) mass is 469 g/mol. The van der Waals surface area contributed by atoms with E-state index in [1.54, 1.807) is 54.6 Å². The molecular weight excluding hydrogens is 446 g/mol. The second-order valence-electron chi connectivity index (χ2n) is 7.27. The summed E-state index contributed by atoms with van der Waals surface area (Å²) in [4.78, 5) is 37.6. The number of nitrogens with zero attached hydrogens (tertiary/aromatic N) is 1. The summed E-state index contributed by atoms with van der Waals surface area (Å²) in [5.74, 6) is -2.88. The van der Waals surface area contributed by atoms with Crippen molar-refractivity contribution in [3.63, 3.8) is 0 Å². The maximum absolute atomic E-state index is 13.2. The van der Waals surface area contributed by atoms with E-state index in [4.69, 9.17) is 0 Å². The Bertz CT molecular complexity index is 1310. The minimum absolute atomic E-state index is 0.143. The Morgan fingerprint density at radius 3 is 2.15 bits per heavy atom. The van der Waals surface area contributed by atoms with Crippen molar-refractivity contribution >= 4 is 21.7 Å². The van der Waals surface area contributed by atoms with E-state index in [2.05, 4.69) is 15.5 Å². The van der Waals surface area contributed by atoms with Crippen LogP contribution in [0.2, 0.25) is 0 Å². The number of carbonyl (C=O) groups excluding carboxylic acids is 1. The van der Waals surface area contributed by atoms with E-state index in [0.717, 1.165) is 0 Å². The van der Waals surface area contributed by atoms with Gasteiger partial charge in [-0.2, -0.15) is 5.10 Å². The van der Waals surface area contributed by atoms with Gasteiger partial charge in [-0.25, -0.2) is 18.3 Å². The second-order valence-corrected chi connectivity index (χ2v) is 9.75. The van der Waals surface area contributed by atoms with Crippen LogP contribution in [0.3, 0.4) is 0 Å². The van der Waals surface area contributed by atoms with Crippen LogP contribution in [0.4, 0.5) is 0 Å². The summed E-state index contributed by atoms with van der Waals surface area (Å²) in [7, 11) is -3.44. The van der Waals surface area contributed by atoms with Crippen molar-refractivity contribution in [3.8, 4) is 22.4 Å². The van der Waals surface area contributed by atoms with Crippen molar-refractivity contribution in [2.24, 2.45) is 0 Å². The SMILES string of the molecule is CCS(=O)(=O)CCC(NC(=O)c1c(-c2ccccc2)c(-c2ccccc2)n[nH]c1=O)C(=O)O. The molecule has 0 fully saturated rings. The quantitative estimate of drug-likeness (QED) is 0.435. The molecule has 0 saturated heterocycles. The number of sulfone groups is 1. The van der Waals surface area contributed by atoms with Gasteiger partial charge in [0.1, 0.15) is 21.4 Å². The summed E-state index contributed by atoms with van der Waals surface area (Å²) >= 11 is 0. The van der Waals surface area contributed by atoms with Gasteiger partial charge in [-0.05, 0) is 12.0 Å². The average molecular weight is 470 g/mol. The van der Waals surface area contributed by atoms with Crippen molar-refractivity contribution < 1.29 is 23.1 Å². The maximum atomic E-state index is 13.2. The Morgan fingerprint density at radius 1 is 1.03 bits per heavy atom. The fourth-order valence-corrected chi connectivity index (χ4v) is 4.17. The number of aliphatic carboxylic acids is 1. The maximum Gasteiger partial charge on any atom is 0.326 e. The number of carboxylic acid groups (broad SMARTS) is 1. The van der Waals surface area contributed by atoms with E-state index < -0.39 is 39.1 Å². The molecule has 0 aliphatic rings. The molecule has 3 aromatic rings. The molecular formula is C23H23N3O6S. The molecule has 3 rings (SSSR count). The number of benzene rings is 2. The highest BCUT2D eigenvalue weighted by Crippen LogP contribution is 2.31. The number of hydrogen-bond acceptors (Lipinski definition) is 6. The average Bonchev–Trinajstić information content (AvgIpc) is 2.82. The third-order valence-corrected chi connectivity index (χ3v) is 6.82. The predicted molar refractivity (Wildman–Crippen MR) is 124 cm³/mol. The summed E-state index contributed by atoms with van der Waals surface area (Å²) in [6.45, 7) is 1.46. The van der Waals surface area contributed by atoms with Crippen LogP contribution >= 0.6 is 0 Å². The predicted octanol–water partition coefficient (Wildman–Crippen LogP) is 2.11. The standard InChI is InChI=1S/C23H23N3O6S/c1-2-33(31,32)14-13-17(23(29)30)24-21(27)19-18(15-9-5-3-6-10-15)20(25-26-22(19)28)16-11-7-4-8-12-16/h3-12,17H,2,13-14H2,1H3,(H,24,27)(H,26,28)(H,29,30). The van der Waals surface area contributed by atoms with Crippen molar-refractivity contribution in [1.82, 2.24) is 15.5 Å². The lowest BCUT2D eigenvalue weighted by atomic mass is 9.95. The Balaban J connectivity index is 2.09. The molecule has 0 saturated carbocycles. The molecule has 1 atom stereocenters. The normalized spacial score (nSPS) is 12.2. The first-order valence-corrected chi connectivity index (χ1v) is 12.0. The van der Waals surface area contributed by atoms with Gasteiger partial charge in [0.2, 0.25) is 0 Å². The van der Waals surface area contributed by atoms with Crippen molar-refractivity contribution in [2.45, 2.75) is 19.4 Å². The molecule has 0 spiro atoms. The van der Waals surface area contributed by atoms with Gasteiger partial charge in [0.15, 0.2) is 0 Å². The van der Waals surface area contributed by atoms with Gasteiger partial charge >= 0.3 is 5.97 Å². The molecule has 1 amide bonds. The summed E-state index contributed by atoms with van der Waals surface area (Å²) in [6.07, 6.45) is -0.327. The van der Waals surface area contributed by atoms with Gasteiger partial charge in [0.05, 0.1) is 11.4 Å². The van der Waals surface area contributed by atoms with Gasteiger partial charge in [0, 0.05) is 16.9 Å². The van der Waals surface area contributed by atoms with E-state index in [9.17, 15) is 27.9 Å². The molecule has 1 unspecified atom stereocenters. The number of aromatic amines is 1.